The van der Waals surface area contributed by atoms with Crippen molar-refractivity contribution in [3.05, 3.63) is 41.7 Å². The standard InChI is InChI=1S/C15H17NO3/c1-3-7-11(2)19-15(18)14(17)13(10-16)12-8-5-4-6-9-12/h4-6,8-9,11,17H,3,7H2,1-2H3/b14-13-. The van der Waals surface area contributed by atoms with Crippen LogP contribution in [-0.2, 0) is 9.53 Å². The molecule has 4 heteroatoms. The maximum atomic E-state index is 11.7. The van der Waals surface area contributed by atoms with Gasteiger partial charge in [-0.2, -0.15) is 5.26 Å². The molecule has 19 heavy (non-hydrogen) atoms. The van der Waals surface area contributed by atoms with E-state index in [0.29, 0.717) is 12.0 Å². The van der Waals surface area contributed by atoms with Gasteiger partial charge in [-0.15, -0.1) is 0 Å². The average molecular weight is 259 g/mol. The number of rotatable bonds is 5. The molecule has 1 aromatic carbocycles. The topological polar surface area (TPSA) is 70.3 Å². The number of carbonyl (C=O) groups is 1. The van der Waals surface area contributed by atoms with E-state index < -0.39 is 11.7 Å². The molecule has 0 aliphatic heterocycles. The first-order valence-corrected chi connectivity index (χ1v) is 6.19. The van der Waals surface area contributed by atoms with Gasteiger partial charge < -0.3 is 9.84 Å². The second kappa shape index (κ2) is 7.22. The zero-order chi connectivity index (χ0) is 14.3. The summed E-state index contributed by atoms with van der Waals surface area (Å²) in [5.41, 5.74) is 0.414. The molecule has 0 bridgehead atoms. The average Bonchev–Trinajstić information content (AvgIpc) is 2.40. The highest BCUT2D eigenvalue weighted by Crippen LogP contribution is 2.18. The van der Waals surface area contributed by atoms with Crippen molar-refractivity contribution in [1.82, 2.24) is 0 Å². The summed E-state index contributed by atoms with van der Waals surface area (Å²) in [5.74, 6) is -1.50. The summed E-state index contributed by atoms with van der Waals surface area (Å²) < 4.78 is 5.06. The van der Waals surface area contributed by atoms with E-state index in [4.69, 9.17) is 10.00 Å². The van der Waals surface area contributed by atoms with Crippen molar-refractivity contribution in [2.24, 2.45) is 0 Å². The van der Waals surface area contributed by atoms with E-state index in [1.165, 1.54) is 0 Å². The minimum atomic E-state index is -0.860. The summed E-state index contributed by atoms with van der Waals surface area (Å²) in [6, 6.07) is 10.4. The molecule has 1 atom stereocenters. The Morgan fingerprint density at radius 3 is 2.58 bits per heavy atom. The van der Waals surface area contributed by atoms with Crippen molar-refractivity contribution in [3.63, 3.8) is 0 Å². The Labute approximate surface area is 112 Å². The lowest BCUT2D eigenvalue weighted by molar-refractivity contribution is -0.146. The zero-order valence-electron chi connectivity index (χ0n) is 11.1. The van der Waals surface area contributed by atoms with Crippen LogP contribution < -0.4 is 0 Å². The molecule has 4 nitrogen and oxygen atoms in total. The number of carbonyl (C=O) groups excluding carboxylic acids is 1. The summed E-state index contributed by atoms with van der Waals surface area (Å²) in [6.07, 6.45) is 1.31. The number of allylic oxidation sites excluding steroid dienone is 1. The maximum Gasteiger partial charge on any atom is 0.375 e. The Morgan fingerprint density at radius 1 is 1.42 bits per heavy atom. The smallest absolute Gasteiger partial charge is 0.375 e. The molecular weight excluding hydrogens is 242 g/mol. The summed E-state index contributed by atoms with van der Waals surface area (Å²) >= 11 is 0. The highest BCUT2D eigenvalue weighted by Gasteiger charge is 2.19. The molecule has 0 radical (unpaired) electrons. The van der Waals surface area contributed by atoms with Crippen molar-refractivity contribution in [1.29, 1.82) is 5.26 Å². The van der Waals surface area contributed by atoms with Crippen LogP contribution in [-0.4, -0.2) is 17.2 Å². The van der Waals surface area contributed by atoms with Crippen molar-refractivity contribution in [3.8, 4) is 6.07 Å². The molecule has 1 rings (SSSR count). The Balaban J connectivity index is 2.94. The maximum absolute atomic E-state index is 11.7. The molecule has 1 aromatic rings. The third-order valence-electron chi connectivity index (χ3n) is 2.61. The first-order chi connectivity index (χ1) is 9.10. The van der Waals surface area contributed by atoms with Crippen LogP contribution in [0.15, 0.2) is 36.1 Å². The SMILES string of the molecule is CCCC(C)OC(=O)/C(O)=C(\C#N)c1ccccc1. The van der Waals surface area contributed by atoms with Crippen LogP contribution in [0.5, 0.6) is 0 Å². The van der Waals surface area contributed by atoms with Crippen LogP contribution >= 0.6 is 0 Å². The number of aliphatic hydroxyl groups is 1. The second-order valence-corrected chi connectivity index (χ2v) is 4.21. The largest absolute Gasteiger partial charge is 0.501 e. The summed E-state index contributed by atoms with van der Waals surface area (Å²) in [6.45, 7) is 3.73. The van der Waals surface area contributed by atoms with Crippen LogP contribution in [0.3, 0.4) is 0 Å². The van der Waals surface area contributed by atoms with Crippen molar-refractivity contribution in [2.75, 3.05) is 0 Å². The fourth-order valence-electron chi connectivity index (χ4n) is 1.67. The van der Waals surface area contributed by atoms with Crippen LogP contribution in [0.4, 0.5) is 0 Å². The van der Waals surface area contributed by atoms with E-state index in [2.05, 4.69) is 0 Å². The van der Waals surface area contributed by atoms with E-state index >= 15 is 0 Å². The third-order valence-corrected chi connectivity index (χ3v) is 2.61. The van der Waals surface area contributed by atoms with Gasteiger partial charge in [0.05, 0.1) is 6.10 Å². The van der Waals surface area contributed by atoms with Gasteiger partial charge in [-0.25, -0.2) is 4.79 Å². The minimum absolute atomic E-state index is 0.0747. The molecule has 0 aliphatic rings. The highest BCUT2D eigenvalue weighted by molar-refractivity contribution is 5.98. The van der Waals surface area contributed by atoms with Crippen LogP contribution in [0.2, 0.25) is 0 Å². The van der Waals surface area contributed by atoms with Gasteiger partial charge in [0.25, 0.3) is 0 Å². The quantitative estimate of drug-likeness (QED) is 0.381. The zero-order valence-corrected chi connectivity index (χ0v) is 11.1. The minimum Gasteiger partial charge on any atom is -0.501 e. The summed E-state index contributed by atoms with van der Waals surface area (Å²) in [7, 11) is 0. The van der Waals surface area contributed by atoms with E-state index in [1.54, 1.807) is 37.3 Å². The Kier molecular flexibility index (Phi) is 5.62. The van der Waals surface area contributed by atoms with Gasteiger partial charge in [-0.3, -0.25) is 0 Å². The molecule has 0 fully saturated rings. The van der Waals surface area contributed by atoms with E-state index in [-0.39, 0.29) is 11.7 Å². The van der Waals surface area contributed by atoms with Gasteiger partial charge in [0.1, 0.15) is 11.6 Å². The first-order valence-electron chi connectivity index (χ1n) is 6.19. The number of esters is 1. The van der Waals surface area contributed by atoms with Crippen molar-refractivity contribution < 1.29 is 14.6 Å². The molecule has 0 saturated heterocycles. The molecule has 0 saturated carbocycles. The van der Waals surface area contributed by atoms with Gasteiger partial charge in [0.2, 0.25) is 5.76 Å². The second-order valence-electron chi connectivity index (χ2n) is 4.21. The molecular formula is C15H17NO3. The molecule has 0 amide bonds. The Bertz CT molecular complexity index is 500. The van der Waals surface area contributed by atoms with Crippen LogP contribution in [0.25, 0.3) is 5.57 Å². The molecule has 1 unspecified atom stereocenters. The van der Waals surface area contributed by atoms with Crippen molar-refractivity contribution >= 4 is 11.5 Å². The monoisotopic (exact) mass is 259 g/mol. The third kappa shape index (κ3) is 4.14. The number of benzene rings is 1. The van der Waals surface area contributed by atoms with Crippen LogP contribution in [0, 0.1) is 11.3 Å². The van der Waals surface area contributed by atoms with E-state index in [9.17, 15) is 9.90 Å². The molecule has 0 aromatic heterocycles. The van der Waals surface area contributed by atoms with Gasteiger partial charge in [-0.05, 0) is 18.9 Å². The number of aliphatic hydroxyl groups excluding tert-OH is 1. The molecule has 1 N–H and O–H groups in total. The Hall–Kier alpha value is -2.28. The molecule has 0 heterocycles. The predicted octanol–water partition coefficient (Wildman–Crippen LogP) is 3.21. The van der Waals surface area contributed by atoms with Gasteiger partial charge in [0, 0.05) is 0 Å². The molecule has 100 valence electrons. The van der Waals surface area contributed by atoms with Gasteiger partial charge in [-0.1, -0.05) is 43.7 Å². The predicted molar refractivity (Wildman–Crippen MR) is 72.1 cm³/mol. The van der Waals surface area contributed by atoms with Crippen LogP contribution in [0.1, 0.15) is 32.3 Å². The number of nitriles is 1. The lowest BCUT2D eigenvalue weighted by atomic mass is 10.1. The highest BCUT2D eigenvalue weighted by atomic mass is 16.6. The fourth-order valence-corrected chi connectivity index (χ4v) is 1.67. The fraction of sp³-hybridized carbons (Fsp3) is 0.333. The first kappa shape index (κ1) is 14.8. The summed E-state index contributed by atoms with van der Waals surface area (Å²) in [5, 5.41) is 18.9. The number of ether oxygens (including phenoxy) is 1. The lowest BCUT2D eigenvalue weighted by Gasteiger charge is -2.12. The lowest BCUT2D eigenvalue weighted by Crippen LogP contribution is -2.17. The molecule has 0 aliphatic carbocycles. The van der Waals surface area contributed by atoms with E-state index in [0.717, 1.165) is 6.42 Å². The normalized spacial score (nSPS) is 13.1. The number of hydrogen-bond donors (Lipinski definition) is 1. The van der Waals surface area contributed by atoms with Gasteiger partial charge in [0.15, 0.2) is 0 Å². The van der Waals surface area contributed by atoms with Gasteiger partial charge >= 0.3 is 5.97 Å². The number of hydrogen-bond acceptors (Lipinski definition) is 4. The van der Waals surface area contributed by atoms with Crippen molar-refractivity contribution in [2.45, 2.75) is 32.8 Å². The van der Waals surface area contributed by atoms with E-state index in [1.807, 2.05) is 13.0 Å². The molecule has 0 spiro atoms. The Morgan fingerprint density at radius 2 is 2.05 bits per heavy atom. The summed E-state index contributed by atoms with van der Waals surface area (Å²) in [4.78, 5) is 11.7. The number of nitrogens with zero attached hydrogens (tertiary/aromatic N) is 1.